The predicted octanol–water partition coefficient (Wildman–Crippen LogP) is 3.26. The van der Waals surface area contributed by atoms with E-state index in [0.717, 1.165) is 0 Å². The summed E-state index contributed by atoms with van der Waals surface area (Å²) in [5.74, 6) is 0.838. The van der Waals surface area contributed by atoms with E-state index in [2.05, 4.69) is 16.5 Å². The largest absolute Gasteiger partial charge is 0.493 e. The lowest BCUT2D eigenvalue weighted by Crippen LogP contribution is -2.28. The molecule has 0 radical (unpaired) electrons. The van der Waals surface area contributed by atoms with E-state index in [1.807, 2.05) is 30.3 Å². The van der Waals surface area contributed by atoms with Crippen molar-refractivity contribution >= 4 is 11.6 Å². The SMILES string of the molecule is N#CCCCOc1cccc(NC(=O)c2ccc(=O)n(CCOc3ccccc3)n2)c1. The summed E-state index contributed by atoms with van der Waals surface area (Å²) in [4.78, 5) is 24.6. The van der Waals surface area contributed by atoms with Crippen LogP contribution in [0.5, 0.6) is 11.5 Å². The monoisotopic (exact) mass is 418 g/mol. The first-order chi connectivity index (χ1) is 15.2. The first kappa shape index (κ1) is 21.6. The van der Waals surface area contributed by atoms with Crippen LogP contribution >= 0.6 is 0 Å². The third-order valence-electron chi connectivity index (χ3n) is 4.21. The van der Waals surface area contributed by atoms with Gasteiger partial charge in [0, 0.05) is 24.2 Å². The van der Waals surface area contributed by atoms with Crippen LogP contribution in [-0.2, 0) is 6.54 Å². The summed E-state index contributed by atoms with van der Waals surface area (Å²) in [5, 5.41) is 15.5. The van der Waals surface area contributed by atoms with Gasteiger partial charge in [0.2, 0.25) is 0 Å². The van der Waals surface area contributed by atoms with Crippen molar-refractivity contribution in [3.8, 4) is 17.6 Å². The van der Waals surface area contributed by atoms with Crippen LogP contribution in [0.25, 0.3) is 0 Å². The Hall–Kier alpha value is -4.12. The van der Waals surface area contributed by atoms with E-state index < -0.39 is 5.91 Å². The molecular weight excluding hydrogens is 396 g/mol. The van der Waals surface area contributed by atoms with Crippen molar-refractivity contribution in [3.05, 3.63) is 82.8 Å². The van der Waals surface area contributed by atoms with Crippen molar-refractivity contribution in [2.75, 3.05) is 18.5 Å². The Bertz CT molecular complexity index is 1110. The number of aromatic nitrogens is 2. The number of para-hydroxylation sites is 1. The second-order valence-electron chi connectivity index (χ2n) is 6.53. The zero-order valence-electron chi connectivity index (χ0n) is 16.9. The number of nitrogens with one attached hydrogen (secondary N) is 1. The van der Waals surface area contributed by atoms with Crippen LogP contribution in [0.1, 0.15) is 23.3 Å². The van der Waals surface area contributed by atoms with Crippen molar-refractivity contribution in [1.82, 2.24) is 9.78 Å². The normalized spacial score (nSPS) is 10.2. The molecule has 0 saturated heterocycles. The van der Waals surface area contributed by atoms with Crippen molar-refractivity contribution in [2.24, 2.45) is 0 Å². The summed E-state index contributed by atoms with van der Waals surface area (Å²) in [6.07, 6.45) is 1.06. The van der Waals surface area contributed by atoms with Crippen molar-refractivity contribution in [1.29, 1.82) is 5.26 Å². The second kappa shape index (κ2) is 11.2. The van der Waals surface area contributed by atoms with Crippen LogP contribution in [0, 0.1) is 11.3 Å². The fourth-order valence-electron chi connectivity index (χ4n) is 2.70. The lowest BCUT2D eigenvalue weighted by molar-refractivity contribution is 0.101. The van der Waals surface area contributed by atoms with Crippen LogP contribution < -0.4 is 20.3 Å². The van der Waals surface area contributed by atoms with Crippen molar-refractivity contribution < 1.29 is 14.3 Å². The number of ether oxygens (including phenoxy) is 2. The Morgan fingerprint density at radius 1 is 1.00 bits per heavy atom. The predicted molar refractivity (Wildman–Crippen MR) is 115 cm³/mol. The first-order valence-corrected chi connectivity index (χ1v) is 9.83. The van der Waals surface area contributed by atoms with Gasteiger partial charge in [-0.3, -0.25) is 9.59 Å². The standard InChI is InChI=1S/C23H22N4O4/c24-13-4-5-15-30-20-10-6-7-18(17-20)25-23(29)21-11-12-22(28)27(26-21)14-16-31-19-8-2-1-3-9-19/h1-3,6-12,17H,4-5,14-16H2,(H,25,29). The van der Waals surface area contributed by atoms with Gasteiger partial charge >= 0.3 is 0 Å². The van der Waals surface area contributed by atoms with Gasteiger partial charge in [-0.1, -0.05) is 24.3 Å². The highest BCUT2D eigenvalue weighted by Crippen LogP contribution is 2.18. The lowest BCUT2D eigenvalue weighted by atomic mass is 10.2. The summed E-state index contributed by atoms with van der Waals surface area (Å²) < 4.78 is 12.4. The number of carbonyl (C=O) groups is 1. The summed E-state index contributed by atoms with van der Waals surface area (Å²) in [5.41, 5.74) is 0.329. The highest BCUT2D eigenvalue weighted by atomic mass is 16.5. The van der Waals surface area contributed by atoms with Crippen LogP contribution in [-0.4, -0.2) is 28.9 Å². The molecule has 3 rings (SSSR count). The molecule has 0 aliphatic rings. The maximum absolute atomic E-state index is 12.6. The maximum Gasteiger partial charge on any atom is 0.276 e. The molecule has 1 amide bonds. The fourth-order valence-corrected chi connectivity index (χ4v) is 2.70. The van der Waals surface area contributed by atoms with Crippen LogP contribution in [0.15, 0.2) is 71.5 Å². The minimum Gasteiger partial charge on any atom is -0.493 e. The Morgan fingerprint density at radius 2 is 1.77 bits per heavy atom. The molecule has 0 bridgehead atoms. The van der Waals surface area contributed by atoms with Crippen molar-refractivity contribution in [2.45, 2.75) is 19.4 Å². The molecule has 1 heterocycles. The molecule has 0 unspecified atom stereocenters. The molecule has 8 nitrogen and oxygen atoms in total. The molecule has 31 heavy (non-hydrogen) atoms. The van der Waals surface area contributed by atoms with E-state index in [-0.39, 0.29) is 24.4 Å². The van der Waals surface area contributed by atoms with Crippen molar-refractivity contribution in [3.63, 3.8) is 0 Å². The Labute approximate surface area is 179 Å². The number of unbranched alkanes of at least 4 members (excludes halogenated alkanes) is 1. The minimum absolute atomic E-state index is 0.111. The zero-order valence-corrected chi connectivity index (χ0v) is 16.9. The number of nitriles is 1. The Balaban J connectivity index is 1.59. The van der Waals surface area contributed by atoms with E-state index in [1.54, 1.807) is 24.3 Å². The number of benzene rings is 2. The van der Waals surface area contributed by atoms with Gasteiger partial charge in [0.25, 0.3) is 11.5 Å². The summed E-state index contributed by atoms with van der Waals surface area (Å²) in [7, 11) is 0. The number of carbonyl (C=O) groups excluding carboxylic acids is 1. The molecule has 3 aromatic rings. The molecule has 158 valence electrons. The molecule has 8 heteroatoms. The number of hydrogen-bond donors (Lipinski definition) is 1. The fraction of sp³-hybridized carbons (Fsp3) is 0.217. The minimum atomic E-state index is -0.445. The first-order valence-electron chi connectivity index (χ1n) is 9.83. The number of hydrogen-bond acceptors (Lipinski definition) is 6. The van der Waals surface area contributed by atoms with Gasteiger partial charge in [-0.05, 0) is 36.8 Å². The van der Waals surface area contributed by atoms with E-state index in [1.165, 1.54) is 16.8 Å². The Morgan fingerprint density at radius 3 is 2.58 bits per heavy atom. The molecular formula is C23H22N4O4. The van der Waals surface area contributed by atoms with Gasteiger partial charge in [-0.15, -0.1) is 0 Å². The summed E-state index contributed by atoms with van der Waals surface area (Å²) in [6, 6.07) is 20.9. The maximum atomic E-state index is 12.6. The van der Waals surface area contributed by atoms with E-state index in [0.29, 0.717) is 36.6 Å². The van der Waals surface area contributed by atoms with E-state index in [9.17, 15) is 9.59 Å². The number of nitrogens with zero attached hydrogens (tertiary/aromatic N) is 3. The highest BCUT2D eigenvalue weighted by molar-refractivity contribution is 6.02. The van der Waals surface area contributed by atoms with E-state index >= 15 is 0 Å². The number of anilines is 1. The topological polar surface area (TPSA) is 106 Å². The molecule has 2 aromatic carbocycles. The third-order valence-corrected chi connectivity index (χ3v) is 4.21. The molecule has 0 fully saturated rings. The smallest absolute Gasteiger partial charge is 0.276 e. The summed E-state index contributed by atoms with van der Waals surface area (Å²) in [6.45, 7) is 0.872. The number of amides is 1. The van der Waals surface area contributed by atoms with Gasteiger partial charge < -0.3 is 14.8 Å². The van der Waals surface area contributed by atoms with Gasteiger partial charge in [-0.2, -0.15) is 10.4 Å². The molecule has 0 saturated carbocycles. The van der Waals surface area contributed by atoms with Gasteiger partial charge in [0.05, 0.1) is 19.2 Å². The third kappa shape index (κ3) is 6.72. The second-order valence-corrected chi connectivity index (χ2v) is 6.53. The van der Waals surface area contributed by atoms with Gasteiger partial charge in [-0.25, -0.2) is 4.68 Å². The van der Waals surface area contributed by atoms with Gasteiger partial charge in [0.1, 0.15) is 23.8 Å². The van der Waals surface area contributed by atoms with Crippen LogP contribution in [0.2, 0.25) is 0 Å². The van der Waals surface area contributed by atoms with Crippen LogP contribution in [0.3, 0.4) is 0 Å². The quantitative estimate of drug-likeness (QED) is 0.507. The number of rotatable bonds is 10. The summed E-state index contributed by atoms with van der Waals surface area (Å²) >= 11 is 0. The average Bonchev–Trinajstić information content (AvgIpc) is 2.79. The molecule has 1 aromatic heterocycles. The average molecular weight is 418 g/mol. The van der Waals surface area contributed by atoms with Gasteiger partial charge in [0.15, 0.2) is 0 Å². The molecule has 0 aliphatic heterocycles. The lowest BCUT2D eigenvalue weighted by Gasteiger charge is -2.10. The highest BCUT2D eigenvalue weighted by Gasteiger charge is 2.11. The molecule has 0 aliphatic carbocycles. The Kier molecular flexibility index (Phi) is 7.77. The van der Waals surface area contributed by atoms with E-state index in [4.69, 9.17) is 14.7 Å². The molecule has 1 N–H and O–H groups in total. The molecule has 0 atom stereocenters. The molecule has 0 spiro atoms. The van der Waals surface area contributed by atoms with Crippen LogP contribution in [0.4, 0.5) is 5.69 Å². The zero-order chi connectivity index (χ0) is 21.9.